The second-order valence-electron chi connectivity index (χ2n) is 9.23. The van der Waals surface area contributed by atoms with E-state index in [1.807, 2.05) is 13.8 Å². The zero-order valence-electron chi connectivity index (χ0n) is 19.3. The predicted molar refractivity (Wildman–Crippen MR) is 120 cm³/mol. The normalized spacial score (nSPS) is 25.9. The van der Waals surface area contributed by atoms with Crippen molar-refractivity contribution in [3.63, 3.8) is 0 Å². The molecule has 3 aliphatic rings. The Balaban J connectivity index is 1.43. The standard InChI is InChI=1S/C23H30F3N5O3/c1-15-3-4-16(2)31(15)20-13-18(23(24,25)26)6-5-17(20)14-28-9-11-29(12-10-28)22(34)30-8-7-19(27-30)21(32)33/h5-8,13,15-16,19,27H,3-4,9-12,14H2,1-2H3,(H,32,33)/t15-,16+,19?. The number of rotatable bonds is 4. The van der Waals surface area contributed by atoms with Gasteiger partial charge in [0, 0.05) is 56.7 Å². The largest absolute Gasteiger partial charge is 0.480 e. The van der Waals surface area contributed by atoms with Crippen molar-refractivity contribution < 1.29 is 27.9 Å². The highest BCUT2D eigenvalue weighted by atomic mass is 19.4. The van der Waals surface area contributed by atoms with Crippen molar-refractivity contribution in [2.45, 2.75) is 57.5 Å². The van der Waals surface area contributed by atoms with Crippen LogP contribution in [0.15, 0.2) is 30.5 Å². The molecule has 3 heterocycles. The van der Waals surface area contributed by atoms with Crippen molar-refractivity contribution in [1.29, 1.82) is 0 Å². The molecular weight excluding hydrogens is 451 g/mol. The van der Waals surface area contributed by atoms with E-state index in [-0.39, 0.29) is 18.1 Å². The molecule has 11 heteroatoms. The number of hydrogen-bond acceptors (Lipinski definition) is 5. The quantitative estimate of drug-likeness (QED) is 0.688. The first kappa shape index (κ1) is 24.3. The summed E-state index contributed by atoms with van der Waals surface area (Å²) in [6, 6.07) is 3.09. The summed E-state index contributed by atoms with van der Waals surface area (Å²) < 4.78 is 40.3. The third-order valence-corrected chi connectivity index (χ3v) is 6.86. The van der Waals surface area contributed by atoms with Gasteiger partial charge >= 0.3 is 18.2 Å². The SMILES string of the molecule is C[C@@H]1CC[C@H](C)N1c1cc(C(F)(F)F)ccc1CN1CCN(C(=O)N2C=CC(C(=O)O)N2)CC1. The van der Waals surface area contributed by atoms with Gasteiger partial charge in [0.1, 0.15) is 6.04 Å². The lowest BCUT2D eigenvalue weighted by atomic mass is 10.0. The number of carboxylic acid groups (broad SMARTS) is 1. The van der Waals surface area contributed by atoms with Crippen LogP contribution >= 0.6 is 0 Å². The number of hydrogen-bond donors (Lipinski definition) is 2. The van der Waals surface area contributed by atoms with Crippen LogP contribution in [0.4, 0.5) is 23.7 Å². The molecule has 186 valence electrons. The molecule has 0 aromatic heterocycles. The smallest absolute Gasteiger partial charge is 0.416 e. The van der Waals surface area contributed by atoms with Crippen LogP contribution in [0.25, 0.3) is 0 Å². The van der Waals surface area contributed by atoms with E-state index in [2.05, 4.69) is 15.2 Å². The van der Waals surface area contributed by atoms with E-state index >= 15 is 0 Å². The van der Waals surface area contributed by atoms with E-state index in [0.29, 0.717) is 38.4 Å². The second kappa shape index (κ2) is 9.46. The minimum atomic E-state index is -4.40. The lowest BCUT2D eigenvalue weighted by Crippen LogP contribution is -2.54. The molecule has 0 spiro atoms. The Bertz CT molecular complexity index is 952. The van der Waals surface area contributed by atoms with Crippen LogP contribution in [-0.2, 0) is 17.5 Å². The zero-order valence-corrected chi connectivity index (χ0v) is 19.3. The minimum absolute atomic E-state index is 0.169. The average molecular weight is 482 g/mol. The first-order valence-electron chi connectivity index (χ1n) is 11.5. The lowest BCUT2D eigenvalue weighted by Gasteiger charge is -2.37. The van der Waals surface area contributed by atoms with Crippen LogP contribution in [0.3, 0.4) is 0 Å². The molecule has 2 amide bonds. The van der Waals surface area contributed by atoms with E-state index in [4.69, 9.17) is 5.11 Å². The van der Waals surface area contributed by atoms with E-state index in [0.717, 1.165) is 24.5 Å². The van der Waals surface area contributed by atoms with E-state index in [1.54, 1.807) is 11.0 Å². The van der Waals surface area contributed by atoms with Gasteiger partial charge < -0.3 is 14.9 Å². The Morgan fingerprint density at radius 3 is 2.29 bits per heavy atom. The van der Waals surface area contributed by atoms with E-state index in [1.165, 1.54) is 23.4 Å². The molecule has 2 N–H and O–H groups in total. The number of piperazine rings is 1. The van der Waals surface area contributed by atoms with Gasteiger partial charge in [-0.3, -0.25) is 9.69 Å². The zero-order chi connectivity index (χ0) is 24.6. The predicted octanol–water partition coefficient (Wildman–Crippen LogP) is 3.11. The highest BCUT2D eigenvalue weighted by molar-refractivity contribution is 5.80. The summed E-state index contributed by atoms with van der Waals surface area (Å²) in [6.45, 7) is 6.61. The number of hydrazine groups is 1. The molecule has 0 bridgehead atoms. The summed E-state index contributed by atoms with van der Waals surface area (Å²) in [7, 11) is 0. The van der Waals surface area contributed by atoms with Crippen molar-refractivity contribution in [2.75, 3.05) is 31.1 Å². The number of carbonyl (C=O) groups is 2. The topological polar surface area (TPSA) is 79.4 Å². The summed E-state index contributed by atoms with van der Waals surface area (Å²) in [5.41, 5.74) is 3.47. The third kappa shape index (κ3) is 5.00. The number of alkyl halides is 3. The molecule has 0 saturated carbocycles. The fourth-order valence-corrected chi connectivity index (χ4v) is 4.94. The molecule has 4 rings (SSSR count). The average Bonchev–Trinajstić information content (AvgIpc) is 3.41. The van der Waals surface area contributed by atoms with Crippen LogP contribution < -0.4 is 10.3 Å². The van der Waals surface area contributed by atoms with Gasteiger partial charge in [0.05, 0.1) is 5.56 Å². The monoisotopic (exact) mass is 481 g/mol. The molecule has 1 unspecified atom stereocenters. The molecule has 3 atom stereocenters. The van der Waals surface area contributed by atoms with Gasteiger partial charge in [0.25, 0.3) is 0 Å². The first-order valence-corrected chi connectivity index (χ1v) is 11.5. The summed E-state index contributed by atoms with van der Waals surface area (Å²) in [5, 5.41) is 10.2. The highest BCUT2D eigenvalue weighted by Crippen LogP contribution is 2.38. The molecule has 3 aliphatic heterocycles. The third-order valence-electron chi connectivity index (χ3n) is 6.86. The Morgan fingerprint density at radius 1 is 1.09 bits per heavy atom. The summed E-state index contributed by atoms with van der Waals surface area (Å²) >= 11 is 0. The number of nitrogens with one attached hydrogen (secondary N) is 1. The van der Waals surface area contributed by atoms with Gasteiger partial charge in [-0.1, -0.05) is 6.07 Å². The maximum Gasteiger partial charge on any atom is 0.416 e. The van der Waals surface area contributed by atoms with Gasteiger partial charge in [0.15, 0.2) is 0 Å². The molecule has 1 aromatic carbocycles. The lowest BCUT2D eigenvalue weighted by molar-refractivity contribution is -0.139. The van der Waals surface area contributed by atoms with Crippen molar-refractivity contribution in [3.05, 3.63) is 41.6 Å². The molecule has 8 nitrogen and oxygen atoms in total. The van der Waals surface area contributed by atoms with Crippen LogP contribution in [0.2, 0.25) is 0 Å². The molecule has 2 saturated heterocycles. The van der Waals surface area contributed by atoms with Crippen molar-refractivity contribution in [3.8, 4) is 0 Å². The van der Waals surface area contributed by atoms with Crippen LogP contribution in [0.5, 0.6) is 0 Å². The van der Waals surface area contributed by atoms with Crippen molar-refractivity contribution in [1.82, 2.24) is 20.2 Å². The number of aliphatic carboxylic acids is 1. The van der Waals surface area contributed by atoms with Crippen LogP contribution in [0, 0.1) is 0 Å². The first-order chi connectivity index (χ1) is 16.0. The number of amides is 2. The number of nitrogens with zero attached hydrogens (tertiary/aromatic N) is 4. The maximum atomic E-state index is 13.4. The van der Waals surface area contributed by atoms with Crippen molar-refractivity contribution >= 4 is 17.7 Å². The molecule has 2 fully saturated rings. The number of halogens is 3. The van der Waals surface area contributed by atoms with Gasteiger partial charge in [-0.15, -0.1) is 0 Å². The van der Waals surface area contributed by atoms with Gasteiger partial charge in [-0.2, -0.15) is 13.2 Å². The molecule has 1 aromatic rings. The Morgan fingerprint density at radius 2 is 1.74 bits per heavy atom. The summed E-state index contributed by atoms with van der Waals surface area (Å²) in [5.74, 6) is -1.06. The Kier molecular flexibility index (Phi) is 6.77. The number of anilines is 1. The maximum absolute atomic E-state index is 13.4. The minimum Gasteiger partial charge on any atom is -0.480 e. The summed E-state index contributed by atoms with van der Waals surface area (Å²) in [4.78, 5) is 29.6. The summed E-state index contributed by atoms with van der Waals surface area (Å²) in [6.07, 6.45) is 0.311. The number of carbonyl (C=O) groups excluding carboxylic acids is 1. The van der Waals surface area contributed by atoms with Gasteiger partial charge in [-0.25, -0.2) is 15.2 Å². The molecule has 0 aliphatic carbocycles. The van der Waals surface area contributed by atoms with Gasteiger partial charge in [0.2, 0.25) is 0 Å². The highest BCUT2D eigenvalue weighted by Gasteiger charge is 2.35. The number of urea groups is 1. The molecular formula is C23H30F3N5O3. The van der Waals surface area contributed by atoms with Crippen LogP contribution in [0.1, 0.15) is 37.8 Å². The Hall–Kier alpha value is -2.79. The van der Waals surface area contributed by atoms with Crippen LogP contribution in [-0.4, -0.2) is 76.2 Å². The molecule has 0 radical (unpaired) electrons. The number of benzene rings is 1. The fourth-order valence-electron chi connectivity index (χ4n) is 4.94. The number of carboxylic acids is 1. The van der Waals surface area contributed by atoms with E-state index < -0.39 is 23.8 Å². The van der Waals surface area contributed by atoms with Gasteiger partial charge in [-0.05, 0) is 50.5 Å². The fraction of sp³-hybridized carbons (Fsp3) is 0.565. The molecule has 34 heavy (non-hydrogen) atoms. The second-order valence-corrected chi connectivity index (χ2v) is 9.23. The van der Waals surface area contributed by atoms with E-state index in [9.17, 15) is 22.8 Å². The van der Waals surface area contributed by atoms with Crippen molar-refractivity contribution in [2.24, 2.45) is 0 Å². The Labute approximate surface area is 196 Å².